The summed E-state index contributed by atoms with van der Waals surface area (Å²) in [6.45, 7) is 3.64. The van der Waals surface area contributed by atoms with Gasteiger partial charge in [0.05, 0.1) is 5.69 Å². The smallest absolute Gasteiger partial charge is 0.141 e. The van der Waals surface area contributed by atoms with Crippen LogP contribution in [0.5, 0.6) is 5.75 Å². The van der Waals surface area contributed by atoms with E-state index in [-0.39, 0.29) is 5.75 Å². The summed E-state index contributed by atoms with van der Waals surface area (Å²) in [7, 11) is 0. The molecule has 1 aromatic rings. The predicted octanol–water partition coefficient (Wildman–Crippen LogP) is 1.17. The fourth-order valence-electron chi connectivity index (χ4n) is 0.955. The summed E-state index contributed by atoms with van der Waals surface area (Å²) in [4.78, 5) is 0. The highest BCUT2D eigenvalue weighted by Crippen LogP contribution is 2.30. The van der Waals surface area contributed by atoms with E-state index in [0.717, 1.165) is 11.1 Å². The van der Waals surface area contributed by atoms with Crippen LogP contribution in [0, 0.1) is 13.8 Å². The summed E-state index contributed by atoms with van der Waals surface area (Å²) in [6.07, 6.45) is 0. The molecule has 5 N–H and O–H groups in total. The van der Waals surface area contributed by atoms with Gasteiger partial charge in [0, 0.05) is 5.69 Å². The molecule has 0 unspecified atom stereocenters. The van der Waals surface area contributed by atoms with E-state index in [2.05, 4.69) is 0 Å². The number of phenols is 1. The van der Waals surface area contributed by atoms with Crippen LogP contribution in [0.1, 0.15) is 11.1 Å². The van der Waals surface area contributed by atoms with Crippen molar-refractivity contribution in [3.05, 3.63) is 17.2 Å². The molecule has 0 atom stereocenters. The highest BCUT2D eigenvalue weighted by atomic mass is 16.3. The number of anilines is 2. The van der Waals surface area contributed by atoms with Gasteiger partial charge in [0.25, 0.3) is 0 Å². The molecule has 11 heavy (non-hydrogen) atoms. The van der Waals surface area contributed by atoms with Crippen molar-refractivity contribution in [1.29, 1.82) is 0 Å². The Balaban J connectivity index is 3.46. The molecule has 0 amide bonds. The molecule has 3 nitrogen and oxygen atoms in total. The van der Waals surface area contributed by atoms with Crippen LogP contribution >= 0.6 is 0 Å². The van der Waals surface area contributed by atoms with E-state index in [4.69, 9.17) is 11.5 Å². The molecular weight excluding hydrogens is 140 g/mol. The summed E-state index contributed by atoms with van der Waals surface area (Å²) in [5.41, 5.74) is 13.7. The molecule has 1 aromatic carbocycles. The summed E-state index contributed by atoms with van der Waals surface area (Å²) >= 11 is 0. The zero-order chi connectivity index (χ0) is 8.59. The second kappa shape index (κ2) is 2.34. The first-order valence-electron chi connectivity index (χ1n) is 3.38. The van der Waals surface area contributed by atoms with E-state index >= 15 is 0 Å². The van der Waals surface area contributed by atoms with Gasteiger partial charge >= 0.3 is 0 Å². The normalized spacial score (nSPS) is 10.0. The van der Waals surface area contributed by atoms with Crippen molar-refractivity contribution in [2.24, 2.45) is 0 Å². The number of phenolic OH excluding ortho intramolecular Hbond substituents is 1. The van der Waals surface area contributed by atoms with Crippen molar-refractivity contribution >= 4 is 11.4 Å². The van der Waals surface area contributed by atoms with Crippen molar-refractivity contribution in [2.75, 3.05) is 11.5 Å². The zero-order valence-corrected chi connectivity index (χ0v) is 6.68. The lowest BCUT2D eigenvalue weighted by Crippen LogP contribution is -1.96. The van der Waals surface area contributed by atoms with Gasteiger partial charge in [0.1, 0.15) is 5.75 Å². The molecule has 0 heterocycles. The number of aromatic hydroxyl groups is 1. The van der Waals surface area contributed by atoms with Crippen LogP contribution in [0.15, 0.2) is 6.07 Å². The number of rotatable bonds is 0. The van der Waals surface area contributed by atoms with Crippen molar-refractivity contribution in [1.82, 2.24) is 0 Å². The molecule has 0 aromatic heterocycles. The average Bonchev–Trinajstić information content (AvgIpc) is 1.97. The summed E-state index contributed by atoms with van der Waals surface area (Å²) in [5, 5.41) is 9.33. The quantitative estimate of drug-likeness (QED) is 0.297. The largest absolute Gasteiger partial charge is 0.506 e. The first-order valence-corrected chi connectivity index (χ1v) is 3.38. The Morgan fingerprint density at radius 1 is 1.09 bits per heavy atom. The molecular formula is C8H12N2O. The van der Waals surface area contributed by atoms with E-state index < -0.39 is 0 Å². The third-order valence-corrected chi connectivity index (χ3v) is 1.94. The summed E-state index contributed by atoms with van der Waals surface area (Å²) in [5.74, 6) is 0.136. The molecule has 60 valence electrons. The molecule has 0 saturated heterocycles. The maximum absolute atomic E-state index is 9.33. The van der Waals surface area contributed by atoms with Gasteiger partial charge in [-0.3, -0.25) is 0 Å². The molecule has 0 bridgehead atoms. The van der Waals surface area contributed by atoms with Crippen molar-refractivity contribution in [2.45, 2.75) is 13.8 Å². The van der Waals surface area contributed by atoms with Gasteiger partial charge < -0.3 is 16.6 Å². The van der Waals surface area contributed by atoms with Gasteiger partial charge in [-0.2, -0.15) is 0 Å². The lowest BCUT2D eigenvalue weighted by molar-refractivity contribution is 0.473. The second-order valence-electron chi connectivity index (χ2n) is 2.65. The lowest BCUT2D eigenvalue weighted by Gasteiger charge is -2.08. The molecule has 0 saturated carbocycles. The van der Waals surface area contributed by atoms with Gasteiger partial charge in [-0.1, -0.05) is 0 Å². The van der Waals surface area contributed by atoms with Crippen molar-refractivity contribution in [3.8, 4) is 5.75 Å². The fraction of sp³-hybridized carbons (Fsp3) is 0.250. The maximum Gasteiger partial charge on any atom is 0.141 e. The molecule has 0 aliphatic carbocycles. The van der Waals surface area contributed by atoms with E-state index in [1.807, 2.05) is 6.92 Å². The Labute approximate surface area is 65.6 Å². The Kier molecular flexibility index (Phi) is 1.64. The van der Waals surface area contributed by atoms with Crippen LogP contribution in [0.2, 0.25) is 0 Å². The van der Waals surface area contributed by atoms with Crippen molar-refractivity contribution < 1.29 is 5.11 Å². The molecule has 0 aliphatic heterocycles. The fourth-order valence-corrected chi connectivity index (χ4v) is 0.955. The highest BCUT2D eigenvalue weighted by Gasteiger charge is 2.06. The molecule has 0 spiro atoms. The molecule has 0 fully saturated rings. The minimum absolute atomic E-state index is 0.136. The minimum atomic E-state index is 0.136. The van der Waals surface area contributed by atoms with Crippen LogP contribution in [0.25, 0.3) is 0 Å². The molecule has 0 radical (unpaired) electrons. The average molecular weight is 152 g/mol. The maximum atomic E-state index is 9.33. The standard InChI is InChI=1S/C8H12N2O/c1-4-5(2)8(11)7(10)3-6(4)9/h3,11H,9-10H2,1-2H3. The number of nitrogens with two attached hydrogens (primary N) is 2. The first-order chi connectivity index (χ1) is 5.04. The van der Waals surface area contributed by atoms with Gasteiger partial charge in [-0.05, 0) is 31.0 Å². The second-order valence-corrected chi connectivity index (χ2v) is 2.65. The van der Waals surface area contributed by atoms with E-state index in [0.29, 0.717) is 11.4 Å². The Bertz CT molecular complexity index is 268. The Hall–Kier alpha value is -1.38. The topological polar surface area (TPSA) is 72.3 Å². The lowest BCUT2D eigenvalue weighted by atomic mass is 10.1. The molecule has 1 rings (SSSR count). The van der Waals surface area contributed by atoms with Crippen molar-refractivity contribution in [3.63, 3.8) is 0 Å². The van der Waals surface area contributed by atoms with Crippen LogP contribution in [-0.4, -0.2) is 5.11 Å². The highest BCUT2D eigenvalue weighted by molar-refractivity contribution is 5.67. The van der Waals surface area contributed by atoms with Gasteiger partial charge in [-0.25, -0.2) is 0 Å². The zero-order valence-electron chi connectivity index (χ0n) is 6.68. The Morgan fingerprint density at radius 3 is 2.18 bits per heavy atom. The van der Waals surface area contributed by atoms with Crippen LogP contribution < -0.4 is 11.5 Å². The number of benzene rings is 1. The number of hydrogen-bond acceptors (Lipinski definition) is 3. The number of hydrogen-bond donors (Lipinski definition) is 3. The minimum Gasteiger partial charge on any atom is -0.506 e. The molecule has 0 aliphatic rings. The first kappa shape index (κ1) is 7.72. The van der Waals surface area contributed by atoms with Crippen LogP contribution in [0.3, 0.4) is 0 Å². The Morgan fingerprint density at radius 2 is 1.64 bits per heavy atom. The van der Waals surface area contributed by atoms with Gasteiger partial charge in [0.2, 0.25) is 0 Å². The van der Waals surface area contributed by atoms with Gasteiger partial charge in [0.15, 0.2) is 0 Å². The summed E-state index contributed by atoms with van der Waals surface area (Å²) < 4.78 is 0. The van der Waals surface area contributed by atoms with Crippen LogP contribution in [0.4, 0.5) is 11.4 Å². The third-order valence-electron chi connectivity index (χ3n) is 1.94. The van der Waals surface area contributed by atoms with Crippen LogP contribution in [-0.2, 0) is 0 Å². The monoisotopic (exact) mass is 152 g/mol. The predicted molar refractivity (Wildman–Crippen MR) is 46.4 cm³/mol. The van der Waals surface area contributed by atoms with E-state index in [9.17, 15) is 5.11 Å². The number of nitrogen functional groups attached to an aromatic ring is 2. The van der Waals surface area contributed by atoms with E-state index in [1.54, 1.807) is 13.0 Å². The van der Waals surface area contributed by atoms with Gasteiger partial charge in [-0.15, -0.1) is 0 Å². The summed E-state index contributed by atoms with van der Waals surface area (Å²) in [6, 6.07) is 1.57. The SMILES string of the molecule is Cc1c(N)cc(N)c(O)c1C. The third kappa shape index (κ3) is 1.09. The van der Waals surface area contributed by atoms with E-state index in [1.165, 1.54) is 0 Å². The molecule has 3 heteroatoms.